The van der Waals surface area contributed by atoms with Gasteiger partial charge < -0.3 is 9.94 Å². The van der Waals surface area contributed by atoms with Crippen molar-refractivity contribution < 1.29 is 9.94 Å². The molecule has 0 aromatic heterocycles. The van der Waals surface area contributed by atoms with Crippen molar-refractivity contribution in [2.24, 2.45) is 0 Å². The average molecular weight is 285 g/mol. The van der Waals surface area contributed by atoms with Gasteiger partial charge in [0.25, 0.3) is 0 Å². The summed E-state index contributed by atoms with van der Waals surface area (Å²) in [5.74, 6) is 0. The molecule has 2 aromatic rings. The smallest absolute Gasteiger partial charge is 0.0840 e. The summed E-state index contributed by atoms with van der Waals surface area (Å²) in [6.07, 6.45) is 0.827. The molecular formula is C18H23NO2. The largest absolute Gasteiger partial charge is 0.383 e. The molecule has 0 bridgehead atoms. The van der Waals surface area contributed by atoms with Crippen molar-refractivity contribution in [3.63, 3.8) is 0 Å². The second-order valence-corrected chi connectivity index (χ2v) is 5.10. The Morgan fingerprint density at radius 2 is 1.38 bits per heavy atom. The molecule has 2 rings (SSSR count). The van der Waals surface area contributed by atoms with Gasteiger partial charge in [0.05, 0.1) is 18.7 Å². The Morgan fingerprint density at radius 3 is 1.81 bits per heavy atom. The topological polar surface area (TPSA) is 32.7 Å². The molecule has 2 atom stereocenters. The molecule has 3 nitrogen and oxygen atoms in total. The van der Waals surface area contributed by atoms with E-state index < -0.39 is 0 Å². The van der Waals surface area contributed by atoms with Crippen LogP contribution in [0.4, 0.5) is 0 Å². The molecule has 0 fully saturated rings. The van der Waals surface area contributed by atoms with Gasteiger partial charge in [0.2, 0.25) is 0 Å². The molecule has 0 aliphatic heterocycles. The summed E-state index contributed by atoms with van der Waals surface area (Å²) in [7, 11) is 1.66. The first-order valence-electron chi connectivity index (χ1n) is 7.34. The van der Waals surface area contributed by atoms with Crippen molar-refractivity contribution in [3.05, 3.63) is 71.8 Å². The number of hydrogen-bond acceptors (Lipinski definition) is 3. The highest BCUT2D eigenvalue weighted by molar-refractivity contribution is 5.22. The van der Waals surface area contributed by atoms with E-state index in [9.17, 15) is 5.21 Å². The van der Waals surface area contributed by atoms with Gasteiger partial charge in [-0.3, -0.25) is 0 Å². The van der Waals surface area contributed by atoms with Crippen LogP contribution in [0.15, 0.2) is 60.7 Å². The van der Waals surface area contributed by atoms with Gasteiger partial charge in [-0.1, -0.05) is 67.6 Å². The maximum absolute atomic E-state index is 10.8. The summed E-state index contributed by atoms with van der Waals surface area (Å²) >= 11 is 0. The van der Waals surface area contributed by atoms with E-state index in [1.54, 1.807) is 7.11 Å². The molecule has 112 valence electrons. The molecule has 0 aliphatic carbocycles. The molecule has 0 heterocycles. The van der Waals surface area contributed by atoms with Crippen LogP contribution in [-0.2, 0) is 4.74 Å². The average Bonchev–Trinajstić information content (AvgIpc) is 2.55. The second kappa shape index (κ2) is 7.93. The van der Waals surface area contributed by atoms with E-state index in [1.165, 1.54) is 5.06 Å². The quantitative estimate of drug-likeness (QED) is 0.773. The number of hydroxylamine groups is 2. The van der Waals surface area contributed by atoms with Crippen LogP contribution >= 0.6 is 0 Å². The van der Waals surface area contributed by atoms with Crippen LogP contribution in [0.3, 0.4) is 0 Å². The van der Waals surface area contributed by atoms with Crippen molar-refractivity contribution in [3.8, 4) is 0 Å². The zero-order valence-electron chi connectivity index (χ0n) is 12.6. The Bertz CT molecular complexity index is 515. The van der Waals surface area contributed by atoms with Gasteiger partial charge in [-0.05, 0) is 17.5 Å². The lowest BCUT2D eigenvalue weighted by atomic mass is 10.0. The van der Waals surface area contributed by atoms with Crippen molar-refractivity contribution in [1.82, 2.24) is 5.06 Å². The molecule has 2 aromatic carbocycles. The number of benzene rings is 2. The normalized spacial score (nSPS) is 14.1. The van der Waals surface area contributed by atoms with Gasteiger partial charge in [0.15, 0.2) is 0 Å². The number of hydrogen-bond donors (Lipinski definition) is 1. The fourth-order valence-corrected chi connectivity index (χ4v) is 2.63. The van der Waals surface area contributed by atoms with Crippen molar-refractivity contribution in [1.29, 1.82) is 0 Å². The first-order valence-corrected chi connectivity index (χ1v) is 7.34. The van der Waals surface area contributed by atoms with Crippen molar-refractivity contribution in [2.45, 2.75) is 25.4 Å². The Balaban J connectivity index is 2.26. The molecule has 0 saturated carbocycles. The van der Waals surface area contributed by atoms with E-state index >= 15 is 0 Å². The van der Waals surface area contributed by atoms with Gasteiger partial charge in [0.1, 0.15) is 0 Å². The van der Waals surface area contributed by atoms with E-state index in [4.69, 9.17) is 4.74 Å². The highest BCUT2D eigenvalue weighted by Crippen LogP contribution is 2.31. The van der Waals surface area contributed by atoms with E-state index in [2.05, 4.69) is 6.92 Å². The minimum Gasteiger partial charge on any atom is -0.383 e. The van der Waals surface area contributed by atoms with Gasteiger partial charge in [0, 0.05) is 7.11 Å². The molecule has 0 amide bonds. The highest BCUT2D eigenvalue weighted by Gasteiger charge is 2.26. The summed E-state index contributed by atoms with van der Waals surface area (Å²) in [5.41, 5.74) is 2.16. The fourth-order valence-electron chi connectivity index (χ4n) is 2.63. The maximum Gasteiger partial charge on any atom is 0.0840 e. The number of nitrogens with zero attached hydrogens (tertiary/aromatic N) is 1. The molecule has 0 aliphatic rings. The zero-order valence-corrected chi connectivity index (χ0v) is 12.6. The highest BCUT2D eigenvalue weighted by atomic mass is 16.5. The van der Waals surface area contributed by atoms with E-state index in [1.807, 2.05) is 60.7 Å². The maximum atomic E-state index is 10.8. The zero-order chi connectivity index (χ0) is 15.1. The van der Waals surface area contributed by atoms with Gasteiger partial charge >= 0.3 is 0 Å². The van der Waals surface area contributed by atoms with E-state index in [-0.39, 0.29) is 12.1 Å². The lowest BCUT2D eigenvalue weighted by Gasteiger charge is -2.32. The van der Waals surface area contributed by atoms with Gasteiger partial charge in [-0.15, -0.1) is 0 Å². The molecule has 0 saturated heterocycles. The third kappa shape index (κ3) is 3.91. The monoisotopic (exact) mass is 285 g/mol. The van der Waals surface area contributed by atoms with Crippen molar-refractivity contribution >= 4 is 0 Å². The minimum absolute atomic E-state index is 0.0495. The Kier molecular flexibility index (Phi) is 5.93. The van der Waals surface area contributed by atoms with Crippen LogP contribution in [0, 0.1) is 0 Å². The van der Waals surface area contributed by atoms with Crippen LogP contribution in [0.25, 0.3) is 0 Å². The molecule has 0 radical (unpaired) electrons. The fraction of sp³-hybridized carbons (Fsp3) is 0.333. The Morgan fingerprint density at radius 1 is 0.905 bits per heavy atom. The van der Waals surface area contributed by atoms with Crippen LogP contribution in [-0.4, -0.2) is 24.0 Å². The van der Waals surface area contributed by atoms with E-state index in [0.717, 1.165) is 17.5 Å². The predicted octanol–water partition coefficient (Wildman–Crippen LogP) is 4.22. The molecule has 1 N–H and O–H groups in total. The lowest BCUT2D eigenvalue weighted by Crippen LogP contribution is -2.32. The first-order chi connectivity index (χ1) is 10.3. The van der Waals surface area contributed by atoms with Crippen molar-refractivity contribution in [2.75, 3.05) is 13.7 Å². The Labute approximate surface area is 126 Å². The third-order valence-electron chi connectivity index (χ3n) is 3.72. The van der Waals surface area contributed by atoms with Gasteiger partial charge in [-0.2, -0.15) is 5.06 Å². The molecule has 0 unspecified atom stereocenters. The summed E-state index contributed by atoms with van der Waals surface area (Å²) in [6, 6.07) is 19.8. The summed E-state index contributed by atoms with van der Waals surface area (Å²) in [6.45, 7) is 2.53. The molecule has 3 heteroatoms. The molecule has 0 spiro atoms. The number of rotatable bonds is 7. The van der Waals surface area contributed by atoms with Crippen LogP contribution < -0.4 is 0 Å². The van der Waals surface area contributed by atoms with Crippen LogP contribution in [0.1, 0.15) is 36.6 Å². The number of methoxy groups -OCH3 is 1. The van der Waals surface area contributed by atoms with Gasteiger partial charge in [-0.25, -0.2) is 0 Å². The summed E-state index contributed by atoms with van der Waals surface area (Å²) in [5, 5.41) is 12.2. The second-order valence-electron chi connectivity index (χ2n) is 5.10. The lowest BCUT2D eigenvalue weighted by molar-refractivity contribution is -0.176. The standard InChI is InChI=1S/C18H23NO2/c1-3-17(15-10-6-4-7-11-15)19(20)18(14-21-2)16-12-8-5-9-13-16/h4-13,17-18,20H,3,14H2,1-2H3/t17-,18-/m1/s1. The van der Waals surface area contributed by atoms with Crippen LogP contribution in [0.2, 0.25) is 0 Å². The van der Waals surface area contributed by atoms with E-state index in [0.29, 0.717) is 6.61 Å². The third-order valence-corrected chi connectivity index (χ3v) is 3.72. The molecular weight excluding hydrogens is 262 g/mol. The number of ether oxygens (including phenoxy) is 1. The predicted molar refractivity (Wildman–Crippen MR) is 84.2 cm³/mol. The SMILES string of the molecule is CC[C@H](c1ccccc1)N(O)[C@H](COC)c1ccccc1. The summed E-state index contributed by atoms with van der Waals surface area (Å²) in [4.78, 5) is 0. The Hall–Kier alpha value is -1.68. The molecule has 21 heavy (non-hydrogen) atoms. The van der Waals surface area contributed by atoms with Crippen LogP contribution in [0.5, 0.6) is 0 Å². The summed E-state index contributed by atoms with van der Waals surface area (Å²) < 4.78 is 5.31. The minimum atomic E-state index is -0.179. The first kappa shape index (κ1) is 15.7.